The Morgan fingerprint density at radius 3 is 2.50 bits per heavy atom. The number of non-ortho nitro benzene ring substituents is 1. The molecule has 0 spiro atoms. The van der Waals surface area contributed by atoms with Gasteiger partial charge in [0.25, 0.3) is 11.6 Å². The minimum atomic E-state index is -0.497. The molecule has 0 saturated carbocycles. The highest BCUT2D eigenvalue weighted by Gasteiger charge is 2.16. The van der Waals surface area contributed by atoms with Crippen molar-refractivity contribution in [3.05, 3.63) is 62.9 Å². The molecule has 0 aliphatic carbocycles. The van der Waals surface area contributed by atoms with Gasteiger partial charge in [-0.25, -0.2) is 0 Å². The van der Waals surface area contributed by atoms with Crippen LogP contribution in [0.4, 0.5) is 11.4 Å². The van der Waals surface area contributed by atoms with Crippen LogP contribution < -0.4 is 9.70 Å². The molecule has 3 rings (SSSR count). The number of nitro benzene ring substituents is 1. The monoisotopic (exact) mass is 428 g/mol. The van der Waals surface area contributed by atoms with Gasteiger partial charge < -0.3 is 14.2 Å². The molecule has 0 fully saturated rings. The van der Waals surface area contributed by atoms with Crippen molar-refractivity contribution in [2.24, 2.45) is 4.99 Å². The number of hydrogen-bond acceptors (Lipinski definition) is 7. The van der Waals surface area contributed by atoms with Gasteiger partial charge in [0.1, 0.15) is 6.54 Å². The second-order valence-electron chi connectivity index (χ2n) is 6.54. The summed E-state index contributed by atoms with van der Waals surface area (Å²) >= 11 is 1.10. The highest BCUT2D eigenvalue weighted by molar-refractivity contribution is 7.16. The zero-order valence-electron chi connectivity index (χ0n) is 16.7. The van der Waals surface area contributed by atoms with Crippen LogP contribution in [-0.2, 0) is 16.1 Å². The first-order valence-corrected chi connectivity index (χ1v) is 9.91. The lowest BCUT2D eigenvalue weighted by Crippen LogP contribution is -2.23. The van der Waals surface area contributed by atoms with Crippen LogP contribution in [-0.4, -0.2) is 42.1 Å². The molecule has 0 radical (unpaired) electrons. The van der Waals surface area contributed by atoms with Crippen LogP contribution in [0.15, 0.2) is 47.5 Å². The SMILES string of the molecule is CCOC(=O)Cn1c(=NC(=O)c2ccc(N(C)C)cc2)sc2cc([N+](=O)[O-])ccc21. The van der Waals surface area contributed by atoms with E-state index in [-0.39, 0.29) is 23.6 Å². The maximum absolute atomic E-state index is 12.7. The quantitative estimate of drug-likeness (QED) is 0.339. The van der Waals surface area contributed by atoms with E-state index < -0.39 is 16.8 Å². The number of carbonyl (C=O) groups excluding carboxylic acids is 2. The fourth-order valence-electron chi connectivity index (χ4n) is 2.80. The van der Waals surface area contributed by atoms with Crippen LogP contribution in [0.5, 0.6) is 0 Å². The van der Waals surface area contributed by atoms with E-state index in [1.165, 1.54) is 16.7 Å². The number of nitro groups is 1. The van der Waals surface area contributed by atoms with Crippen LogP contribution in [0.25, 0.3) is 10.2 Å². The lowest BCUT2D eigenvalue weighted by Gasteiger charge is -2.11. The van der Waals surface area contributed by atoms with Crippen LogP contribution in [0.1, 0.15) is 17.3 Å². The van der Waals surface area contributed by atoms with Crippen molar-refractivity contribution >= 4 is 44.8 Å². The van der Waals surface area contributed by atoms with Gasteiger partial charge >= 0.3 is 5.97 Å². The molecular formula is C20H20N4O5S. The molecule has 156 valence electrons. The van der Waals surface area contributed by atoms with E-state index in [9.17, 15) is 19.7 Å². The minimum absolute atomic E-state index is 0.0795. The first-order valence-electron chi connectivity index (χ1n) is 9.10. The largest absolute Gasteiger partial charge is 0.465 e. The van der Waals surface area contributed by atoms with Crippen molar-refractivity contribution in [3.8, 4) is 0 Å². The predicted octanol–water partition coefficient (Wildman–Crippen LogP) is 2.98. The Kier molecular flexibility index (Phi) is 6.26. The van der Waals surface area contributed by atoms with Gasteiger partial charge in [0.05, 0.1) is 21.7 Å². The third-order valence-electron chi connectivity index (χ3n) is 4.30. The molecule has 0 aliphatic heterocycles. The molecule has 0 atom stereocenters. The maximum atomic E-state index is 12.7. The number of anilines is 1. The lowest BCUT2D eigenvalue weighted by molar-refractivity contribution is -0.384. The van der Waals surface area contributed by atoms with Gasteiger partial charge in [-0.15, -0.1) is 0 Å². The van der Waals surface area contributed by atoms with E-state index in [0.717, 1.165) is 17.0 Å². The average Bonchev–Trinajstić information content (AvgIpc) is 3.04. The molecule has 30 heavy (non-hydrogen) atoms. The van der Waals surface area contributed by atoms with Crippen LogP contribution in [0.2, 0.25) is 0 Å². The van der Waals surface area contributed by atoms with E-state index in [2.05, 4.69) is 4.99 Å². The zero-order valence-corrected chi connectivity index (χ0v) is 17.5. The second-order valence-corrected chi connectivity index (χ2v) is 7.55. The Balaban J connectivity index is 2.08. The van der Waals surface area contributed by atoms with Crippen molar-refractivity contribution in [2.75, 3.05) is 25.6 Å². The third-order valence-corrected chi connectivity index (χ3v) is 5.34. The summed E-state index contributed by atoms with van der Waals surface area (Å²) in [5.74, 6) is -0.959. The fraction of sp³-hybridized carbons (Fsp3) is 0.250. The van der Waals surface area contributed by atoms with E-state index in [0.29, 0.717) is 15.8 Å². The number of ether oxygens (including phenoxy) is 1. The third kappa shape index (κ3) is 4.54. The molecule has 0 unspecified atom stereocenters. The summed E-state index contributed by atoms with van der Waals surface area (Å²) < 4.78 is 7.09. The standard InChI is InChI=1S/C20H20N4O5S/c1-4-29-18(25)12-23-16-10-9-15(24(27)28)11-17(16)30-20(23)21-19(26)13-5-7-14(8-6-13)22(2)3/h5-11H,4,12H2,1-3H3. The fourth-order valence-corrected chi connectivity index (χ4v) is 3.86. The number of nitrogens with zero attached hydrogens (tertiary/aromatic N) is 4. The molecule has 9 nitrogen and oxygen atoms in total. The summed E-state index contributed by atoms with van der Waals surface area (Å²) in [6.45, 7) is 1.76. The molecule has 10 heteroatoms. The summed E-state index contributed by atoms with van der Waals surface area (Å²) in [7, 11) is 3.80. The number of carbonyl (C=O) groups is 2. The minimum Gasteiger partial charge on any atom is -0.465 e. The molecule has 0 saturated heterocycles. The molecule has 0 aliphatic rings. The number of rotatable bonds is 6. The lowest BCUT2D eigenvalue weighted by atomic mass is 10.2. The first-order chi connectivity index (χ1) is 14.3. The molecule has 0 N–H and O–H groups in total. The molecule has 0 bridgehead atoms. The molecule has 1 aromatic heterocycles. The molecule has 1 amide bonds. The van der Waals surface area contributed by atoms with Crippen LogP contribution in [0.3, 0.4) is 0 Å². The maximum Gasteiger partial charge on any atom is 0.326 e. The highest BCUT2D eigenvalue weighted by Crippen LogP contribution is 2.23. The van der Waals surface area contributed by atoms with E-state index in [4.69, 9.17) is 4.74 Å². The smallest absolute Gasteiger partial charge is 0.326 e. The normalized spacial score (nSPS) is 11.5. The van der Waals surface area contributed by atoms with Crippen molar-refractivity contribution in [3.63, 3.8) is 0 Å². The zero-order chi connectivity index (χ0) is 21.8. The number of benzene rings is 2. The van der Waals surface area contributed by atoms with Gasteiger partial charge in [-0.1, -0.05) is 11.3 Å². The Morgan fingerprint density at radius 1 is 1.20 bits per heavy atom. The Hall–Kier alpha value is -3.53. The molecule has 2 aromatic carbocycles. The van der Waals surface area contributed by atoms with E-state index in [1.54, 1.807) is 25.1 Å². The van der Waals surface area contributed by atoms with Crippen LogP contribution in [0, 0.1) is 10.1 Å². The molecule has 1 heterocycles. The first kappa shape index (κ1) is 21.2. The van der Waals surface area contributed by atoms with Crippen molar-refractivity contribution in [2.45, 2.75) is 13.5 Å². The number of thiazole rings is 1. The van der Waals surface area contributed by atoms with Gasteiger partial charge in [0.2, 0.25) is 0 Å². The second kappa shape index (κ2) is 8.87. The van der Waals surface area contributed by atoms with Gasteiger partial charge in [0.15, 0.2) is 4.80 Å². The van der Waals surface area contributed by atoms with Crippen molar-refractivity contribution < 1.29 is 19.2 Å². The van der Waals surface area contributed by atoms with Gasteiger partial charge in [-0.2, -0.15) is 4.99 Å². The van der Waals surface area contributed by atoms with Gasteiger partial charge in [-0.05, 0) is 37.3 Å². The Bertz CT molecular complexity index is 1180. The number of esters is 1. The summed E-state index contributed by atoms with van der Waals surface area (Å²) in [4.78, 5) is 41.7. The van der Waals surface area contributed by atoms with Gasteiger partial charge in [-0.3, -0.25) is 19.7 Å². The predicted molar refractivity (Wildman–Crippen MR) is 114 cm³/mol. The topological polar surface area (TPSA) is 107 Å². The molecular weight excluding hydrogens is 408 g/mol. The number of hydrogen-bond donors (Lipinski definition) is 0. The number of fused-ring (bicyclic) bond motifs is 1. The number of aromatic nitrogens is 1. The van der Waals surface area contributed by atoms with Gasteiger partial charge in [0, 0.05) is 37.5 Å². The Labute approximate surface area is 176 Å². The number of amides is 1. The molecule has 3 aromatic rings. The summed E-state index contributed by atoms with van der Waals surface area (Å²) in [5.41, 5.74) is 1.82. The average molecular weight is 428 g/mol. The van der Waals surface area contributed by atoms with E-state index >= 15 is 0 Å². The van der Waals surface area contributed by atoms with Crippen molar-refractivity contribution in [1.29, 1.82) is 0 Å². The summed E-state index contributed by atoms with van der Waals surface area (Å²) in [6.07, 6.45) is 0. The summed E-state index contributed by atoms with van der Waals surface area (Å²) in [6, 6.07) is 11.3. The van der Waals surface area contributed by atoms with Crippen molar-refractivity contribution in [1.82, 2.24) is 4.57 Å². The Morgan fingerprint density at radius 2 is 1.90 bits per heavy atom. The highest BCUT2D eigenvalue weighted by atomic mass is 32.1. The van der Waals surface area contributed by atoms with E-state index in [1.807, 2.05) is 31.1 Å². The summed E-state index contributed by atoms with van der Waals surface area (Å²) in [5, 5.41) is 11.1. The van der Waals surface area contributed by atoms with Crippen LogP contribution >= 0.6 is 11.3 Å².